The first-order chi connectivity index (χ1) is 9.07. The van der Waals surface area contributed by atoms with Crippen molar-refractivity contribution in [1.29, 1.82) is 0 Å². The summed E-state index contributed by atoms with van der Waals surface area (Å²) >= 11 is 0. The van der Waals surface area contributed by atoms with Gasteiger partial charge in [0.05, 0.1) is 6.54 Å². The molecule has 0 aromatic carbocycles. The van der Waals surface area contributed by atoms with Crippen LogP contribution in [0, 0.1) is 5.95 Å². The van der Waals surface area contributed by atoms with Crippen LogP contribution in [0.4, 0.5) is 8.78 Å². The molecule has 0 bridgehead atoms. The summed E-state index contributed by atoms with van der Waals surface area (Å²) in [5.74, 6) is -0.851. The predicted molar refractivity (Wildman–Crippen MR) is 62.9 cm³/mol. The first-order valence-electron chi connectivity index (χ1n) is 6.34. The summed E-state index contributed by atoms with van der Waals surface area (Å²) in [6.45, 7) is 0.813. The van der Waals surface area contributed by atoms with Crippen molar-refractivity contribution >= 4 is 5.91 Å². The highest BCUT2D eigenvalue weighted by Gasteiger charge is 2.53. The van der Waals surface area contributed by atoms with Crippen LogP contribution in [-0.4, -0.2) is 40.7 Å². The number of hydrogen-bond donors (Lipinski definition) is 0. The largest absolute Gasteiger partial charge is 0.472 e. The van der Waals surface area contributed by atoms with Crippen molar-refractivity contribution in [2.24, 2.45) is 0 Å². The lowest BCUT2D eigenvalue weighted by Crippen LogP contribution is -2.38. The van der Waals surface area contributed by atoms with Gasteiger partial charge < -0.3 is 9.64 Å². The highest BCUT2D eigenvalue weighted by molar-refractivity contribution is 5.88. The molecule has 102 valence electrons. The van der Waals surface area contributed by atoms with E-state index in [4.69, 9.17) is 4.74 Å². The van der Waals surface area contributed by atoms with Gasteiger partial charge in [0.1, 0.15) is 6.10 Å². The van der Waals surface area contributed by atoms with Crippen LogP contribution in [0.25, 0.3) is 0 Å². The molecule has 1 amide bonds. The zero-order valence-electron chi connectivity index (χ0n) is 10.3. The van der Waals surface area contributed by atoms with E-state index < -0.39 is 17.5 Å². The van der Waals surface area contributed by atoms with E-state index in [0.717, 1.165) is 0 Å². The number of halogens is 2. The Hall–Kier alpha value is -1.72. The molecule has 1 saturated heterocycles. The Morgan fingerprint density at radius 1 is 1.47 bits per heavy atom. The fraction of sp³-hybridized carbons (Fsp3) is 0.538. The van der Waals surface area contributed by atoms with Gasteiger partial charge in [-0.1, -0.05) is 6.07 Å². The van der Waals surface area contributed by atoms with Crippen molar-refractivity contribution in [2.45, 2.75) is 31.0 Å². The maximum Gasteiger partial charge on any atom is 0.260 e. The molecule has 1 aliphatic carbocycles. The van der Waals surface area contributed by atoms with Gasteiger partial charge in [0.15, 0.2) is 5.67 Å². The second-order valence-electron chi connectivity index (χ2n) is 5.04. The second-order valence-corrected chi connectivity index (χ2v) is 5.04. The van der Waals surface area contributed by atoms with Crippen molar-refractivity contribution < 1.29 is 18.3 Å². The van der Waals surface area contributed by atoms with Crippen molar-refractivity contribution in [2.75, 3.05) is 13.1 Å². The molecule has 19 heavy (non-hydrogen) atoms. The number of rotatable bonds is 3. The SMILES string of the molecule is O=C(N1CCC(Oc2cccc(F)n2)C1)C1(F)CC1. The number of carbonyl (C=O) groups excluding carboxylic acids is 1. The van der Waals surface area contributed by atoms with Gasteiger partial charge in [0.2, 0.25) is 11.8 Å². The van der Waals surface area contributed by atoms with Crippen LogP contribution in [0.3, 0.4) is 0 Å². The Balaban J connectivity index is 1.59. The zero-order valence-corrected chi connectivity index (χ0v) is 10.3. The number of carbonyl (C=O) groups is 1. The highest BCUT2D eigenvalue weighted by atomic mass is 19.1. The van der Waals surface area contributed by atoms with Crippen LogP contribution >= 0.6 is 0 Å². The Morgan fingerprint density at radius 2 is 2.26 bits per heavy atom. The van der Waals surface area contributed by atoms with E-state index in [9.17, 15) is 13.6 Å². The van der Waals surface area contributed by atoms with Crippen molar-refractivity contribution in [3.8, 4) is 5.88 Å². The number of hydrogen-bond acceptors (Lipinski definition) is 3. The maximum atomic E-state index is 13.7. The molecule has 1 atom stereocenters. The average Bonchev–Trinajstić information content (AvgIpc) is 2.96. The number of nitrogens with zero attached hydrogens (tertiary/aromatic N) is 2. The van der Waals surface area contributed by atoms with E-state index in [-0.39, 0.29) is 12.0 Å². The summed E-state index contributed by atoms with van der Waals surface area (Å²) in [5.41, 5.74) is -1.63. The van der Waals surface area contributed by atoms with Crippen LogP contribution < -0.4 is 4.74 Å². The van der Waals surface area contributed by atoms with E-state index in [0.29, 0.717) is 32.4 Å². The van der Waals surface area contributed by atoms with Crippen LogP contribution in [0.5, 0.6) is 5.88 Å². The Bertz CT molecular complexity index is 505. The van der Waals surface area contributed by atoms with E-state index >= 15 is 0 Å². The number of alkyl halides is 1. The lowest BCUT2D eigenvalue weighted by atomic mass is 10.3. The summed E-state index contributed by atoms with van der Waals surface area (Å²) in [5, 5.41) is 0. The lowest BCUT2D eigenvalue weighted by molar-refractivity contribution is -0.137. The van der Waals surface area contributed by atoms with Gasteiger partial charge >= 0.3 is 0 Å². The third-order valence-electron chi connectivity index (χ3n) is 3.48. The van der Waals surface area contributed by atoms with Crippen molar-refractivity contribution in [3.63, 3.8) is 0 Å². The molecule has 1 aromatic rings. The molecule has 1 aromatic heterocycles. The van der Waals surface area contributed by atoms with Crippen molar-refractivity contribution in [1.82, 2.24) is 9.88 Å². The molecule has 3 rings (SSSR count). The van der Waals surface area contributed by atoms with E-state index in [1.54, 1.807) is 6.07 Å². The summed E-state index contributed by atoms with van der Waals surface area (Å²) in [6.07, 6.45) is 0.999. The van der Waals surface area contributed by atoms with Gasteiger partial charge in [-0.25, -0.2) is 4.39 Å². The molecule has 2 aliphatic rings. The number of likely N-dealkylation sites (tertiary alicyclic amines) is 1. The third kappa shape index (κ3) is 2.52. The van der Waals surface area contributed by atoms with Gasteiger partial charge in [-0.2, -0.15) is 9.37 Å². The molecule has 4 nitrogen and oxygen atoms in total. The molecule has 0 spiro atoms. The number of amides is 1. The summed E-state index contributed by atoms with van der Waals surface area (Å²) < 4.78 is 32.1. The van der Waals surface area contributed by atoms with Gasteiger partial charge in [0.25, 0.3) is 5.91 Å². The van der Waals surface area contributed by atoms with Crippen LogP contribution in [0.2, 0.25) is 0 Å². The van der Waals surface area contributed by atoms with Gasteiger partial charge in [0, 0.05) is 19.0 Å². The minimum atomic E-state index is -1.63. The normalized spacial score (nSPS) is 24.3. The Kier molecular flexibility index (Phi) is 2.88. The van der Waals surface area contributed by atoms with Gasteiger partial charge in [-0.15, -0.1) is 0 Å². The molecule has 1 unspecified atom stereocenters. The number of ether oxygens (including phenoxy) is 1. The predicted octanol–water partition coefficient (Wildman–Crippen LogP) is 1.70. The fourth-order valence-corrected chi connectivity index (χ4v) is 2.24. The van der Waals surface area contributed by atoms with E-state index in [2.05, 4.69) is 4.98 Å². The molecule has 1 saturated carbocycles. The molecule has 0 N–H and O–H groups in total. The average molecular weight is 268 g/mol. The molecule has 0 radical (unpaired) electrons. The zero-order chi connectivity index (χ0) is 13.5. The monoisotopic (exact) mass is 268 g/mol. The van der Waals surface area contributed by atoms with Crippen LogP contribution in [0.1, 0.15) is 19.3 Å². The standard InChI is InChI=1S/C13H14F2N2O2/c14-10-2-1-3-11(16-10)19-9-4-7-17(8-9)12(18)13(15)5-6-13/h1-3,9H,4-8H2. The molecule has 2 fully saturated rings. The summed E-state index contributed by atoms with van der Waals surface area (Å²) in [4.78, 5) is 16.9. The quantitative estimate of drug-likeness (QED) is 0.784. The van der Waals surface area contributed by atoms with E-state index in [1.165, 1.54) is 17.0 Å². The molecular weight excluding hydrogens is 254 g/mol. The van der Waals surface area contributed by atoms with Gasteiger partial charge in [-0.3, -0.25) is 4.79 Å². The molecule has 1 aliphatic heterocycles. The summed E-state index contributed by atoms with van der Waals surface area (Å²) in [7, 11) is 0. The topological polar surface area (TPSA) is 42.4 Å². The van der Waals surface area contributed by atoms with Gasteiger partial charge in [-0.05, 0) is 18.9 Å². The highest BCUT2D eigenvalue weighted by Crippen LogP contribution is 2.42. The fourth-order valence-electron chi connectivity index (χ4n) is 2.24. The van der Waals surface area contributed by atoms with E-state index in [1.807, 2.05) is 0 Å². The lowest BCUT2D eigenvalue weighted by Gasteiger charge is -2.18. The minimum absolute atomic E-state index is 0.195. The minimum Gasteiger partial charge on any atom is -0.472 e. The van der Waals surface area contributed by atoms with Crippen LogP contribution in [-0.2, 0) is 4.79 Å². The van der Waals surface area contributed by atoms with Crippen LogP contribution in [0.15, 0.2) is 18.2 Å². The number of pyridine rings is 1. The molecular formula is C13H14F2N2O2. The second kappa shape index (κ2) is 4.43. The third-order valence-corrected chi connectivity index (χ3v) is 3.48. The molecule has 6 heteroatoms. The van der Waals surface area contributed by atoms with Crippen molar-refractivity contribution in [3.05, 3.63) is 24.1 Å². The first kappa shape index (κ1) is 12.3. The Morgan fingerprint density at radius 3 is 2.95 bits per heavy atom. The molecule has 2 heterocycles. The first-order valence-corrected chi connectivity index (χ1v) is 6.34. The Labute approximate surface area is 109 Å². The smallest absolute Gasteiger partial charge is 0.260 e. The maximum absolute atomic E-state index is 13.7. The summed E-state index contributed by atoms with van der Waals surface area (Å²) in [6, 6.07) is 4.30. The number of aromatic nitrogens is 1.